The van der Waals surface area contributed by atoms with Gasteiger partial charge in [-0.1, -0.05) is 12.1 Å². The van der Waals surface area contributed by atoms with E-state index in [1.807, 2.05) is 20.8 Å². The molecule has 0 bridgehead atoms. The molecule has 0 aliphatic rings. The number of carboxylic acids is 1. The Balaban J connectivity index is 2.49. The van der Waals surface area contributed by atoms with E-state index in [1.54, 1.807) is 18.2 Å². The number of hydrogen-bond acceptors (Lipinski definition) is 5. The summed E-state index contributed by atoms with van der Waals surface area (Å²) >= 11 is 0. The van der Waals surface area contributed by atoms with Crippen molar-refractivity contribution in [2.45, 2.75) is 27.2 Å². The van der Waals surface area contributed by atoms with E-state index in [2.05, 4.69) is 10.3 Å². The molecule has 1 heterocycles. The Kier molecular flexibility index (Phi) is 4.98. The molecule has 0 fully saturated rings. The minimum absolute atomic E-state index is 0.0330. The molecule has 0 aliphatic carbocycles. The molecule has 118 valence electrons. The maximum absolute atomic E-state index is 11.2. The van der Waals surface area contributed by atoms with Crippen LogP contribution in [-0.2, 0) is 6.42 Å². The highest BCUT2D eigenvalue weighted by Gasteiger charge is 2.19. The van der Waals surface area contributed by atoms with Gasteiger partial charge in [-0.2, -0.15) is 0 Å². The molecule has 1 aromatic carbocycles. The highest BCUT2D eigenvalue weighted by atomic mass is 16.5. The van der Waals surface area contributed by atoms with E-state index in [1.165, 1.54) is 4.68 Å². The van der Waals surface area contributed by atoms with Crippen molar-refractivity contribution in [3.05, 3.63) is 29.6 Å². The summed E-state index contributed by atoms with van der Waals surface area (Å²) in [6, 6.07) is 5.35. The van der Waals surface area contributed by atoms with Crippen LogP contribution < -0.4 is 9.47 Å². The molecular formula is C15H19N3O4. The zero-order valence-electron chi connectivity index (χ0n) is 12.9. The molecule has 1 aromatic heterocycles. The molecular weight excluding hydrogens is 286 g/mol. The van der Waals surface area contributed by atoms with Crippen LogP contribution in [0.15, 0.2) is 18.2 Å². The number of rotatable bonds is 7. The molecule has 1 N–H and O–H groups in total. The van der Waals surface area contributed by atoms with E-state index >= 15 is 0 Å². The molecule has 0 amide bonds. The van der Waals surface area contributed by atoms with Gasteiger partial charge in [-0.3, -0.25) is 0 Å². The summed E-state index contributed by atoms with van der Waals surface area (Å²) in [6.07, 6.45) is 0.506. The van der Waals surface area contributed by atoms with E-state index in [9.17, 15) is 4.79 Å². The fourth-order valence-electron chi connectivity index (χ4n) is 2.16. The molecule has 0 radical (unpaired) electrons. The van der Waals surface area contributed by atoms with Gasteiger partial charge in [-0.15, -0.1) is 5.10 Å². The highest BCUT2D eigenvalue weighted by Crippen LogP contribution is 2.30. The van der Waals surface area contributed by atoms with Crippen LogP contribution in [0.25, 0.3) is 5.69 Å². The van der Waals surface area contributed by atoms with Crippen molar-refractivity contribution in [1.29, 1.82) is 0 Å². The molecule has 0 aliphatic heterocycles. The average Bonchev–Trinajstić information content (AvgIpc) is 2.93. The summed E-state index contributed by atoms with van der Waals surface area (Å²) in [5, 5.41) is 16.8. The third-order valence-corrected chi connectivity index (χ3v) is 3.07. The van der Waals surface area contributed by atoms with Crippen molar-refractivity contribution in [2.75, 3.05) is 13.2 Å². The Morgan fingerprint density at radius 3 is 2.45 bits per heavy atom. The average molecular weight is 305 g/mol. The Labute approximate surface area is 128 Å². The number of carbonyl (C=O) groups is 1. The van der Waals surface area contributed by atoms with Gasteiger partial charge in [-0.25, -0.2) is 9.48 Å². The lowest BCUT2D eigenvalue weighted by molar-refractivity contribution is 0.0689. The maximum Gasteiger partial charge on any atom is 0.358 e. The first-order valence-corrected chi connectivity index (χ1v) is 7.20. The van der Waals surface area contributed by atoms with Crippen LogP contribution in [0.1, 0.15) is 37.0 Å². The van der Waals surface area contributed by atoms with Crippen molar-refractivity contribution < 1.29 is 19.4 Å². The number of nitrogens with zero attached hydrogens (tertiary/aromatic N) is 3. The molecule has 0 spiro atoms. The summed E-state index contributed by atoms with van der Waals surface area (Å²) in [7, 11) is 0. The third kappa shape index (κ3) is 3.03. The van der Waals surface area contributed by atoms with Gasteiger partial charge in [0.1, 0.15) is 0 Å². The zero-order chi connectivity index (χ0) is 16.1. The van der Waals surface area contributed by atoms with Crippen molar-refractivity contribution in [3.8, 4) is 17.2 Å². The topological polar surface area (TPSA) is 86.5 Å². The number of ether oxygens (including phenoxy) is 2. The second-order valence-electron chi connectivity index (χ2n) is 4.45. The van der Waals surface area contributed by atoms with Gasteiger partial charge >= 0.3 is 5.97 Å². The van der Waals surface area contributed by atoms with E-state index in [4.69, 9.17) is 14.6 Å². The van der Waals surface area contributed by atoms with Crippen LogP contribution in [-0.4, -0.2) is 39.3 Å². The van der Waals surface area contributed by atoms with Gasteiger partial charge in [0.15, 0.2) is 17.2 Å². The zero-order valence-corrected chi connectivity index (χ0v) is 12.9. The highest BCUT2D eigenvalue weighted by molar-refractivity contribution is 5.86. The lowest BCUT2D eigenvalue weighted by Crippen LogP contribution is -2.06. The fourth-order valence-corrected chi connectivity index (χ4v) is 2.16. The summed E-state index contributed by atoms with van der Waals surface area (Å²) in [5.41, 5.74) is 1.19. The molecule has 0 saturated heterocycles. The Morgan fingerprint density at radius 1 is 1.18 bits per heavy atom. The minimum Gasteiger partial charge on any atom is -0.490 e. The minimum atomic E-state index is -1.08. The predicted molar refractivity (Wildman–Crippen MR) is 80.0 cm³/mol. The summed E-state index contributed by atoms with van der Waals surface area (Å²) < 4.78 is 12.6. The molecule has 2 rings (SSSR count). The molecule has 7 nitrogen and oxygen atoms in total. The first-order valence-electron chi connectivity index (χ1n) is 7.20. The molecule has 22 heavy (non-hydrogen) atoms. The van der Waals surface area contributed by atoms with Crippen molar-refractivity contribution in [1.82, 2.24) is 15.0 Å². The lowest BCUT2D eigenvalue weighted by atomic mass is 10.2. The third-order valence-electron chi connectivity index (χ3n) is 3.07. The van der Waals surface area contributed by atoms with Gasteiger partial charge in [-0.05, 0) is 32.4 Å². The van der Waals surface area contributed by atoms with Crippen LogP contribution in [0.4, 0.5) is 0 Å². The van der Waals surface area contributed by atoms with Crippen LogP contribution in [0, 0.1) is 0 Å². The molecule has 0 saturated carbocycles. The molecule has 0 unspecified atom stereocenters. The smallest absolute Gasteiger partial charge is 0.358 e. The van der Waals surface area contributed by atoms with E-state index in [-0.39, 0.29) is 5.69 Å². The summed E-state index contributed by atoms with van der Waals surface area (Å²) in [5.74, 6) is 0.153. The quantitative estimate of drug-likeness (QED) is 0.845. The number of aromatic nitrogens is 3. The normalized spacial score (nSPS) is 10.5. The SMILES string of the molecule is CCOc1ccc(-n2nnc(C(=O)O)c2CC)cc1OCC. The first-order chi connectivity index (χ1) is 10.6. The van der Waals surface area contributed by atoms with E-state index in [0.29, 0.717) is 42.5 Å². The second kappa shape index (κ2) is 6.93. The van der Waals surface area contributed by atoms with Crippen molar-refractivity contribution in [3.63, 3.8) is 0 Å². The fraction of sp³-hybridized carbons (Fsp3) is 0.400. The number of hydrogen-bond donors (Lipinski definition) is 1. The van der Waals surface area contributed by atoms with E-state index in [0.717, 1.165) is 0 Å². The van der Waals surface area contributed by atoms with Crippen molar-refractivity contribution >= 4 is 5.97 Å². The summed E-state index contributed by atoms with van der Waals surface area (Å²) in [6.45, 7) is 6.68. The van der Waals surface area contributed by atoms with Gasteiger partial charge in [0.2, 0.25) is 0 Å². The summed E-state index contributed by atoms with van der Waals surface area (Å²) in [4.78, 5) is 11.2. The molecule has 7 heteroatoms. The van der Waals surface area contributed by atoms with Gasteiger partial charge in [0, 0.05) is 6.07 Å². The van der Waals surface area contributed by atoms with Crippen LogP contribution in [0.5, 0.6) is 11.5 Å². The molecule has 0 atom stereocenters. The monoisotopic (exact) mass is 305 g/mol. The lowest BCUT2D eigenvalue weighted by Gasteiger charge is -2.13. The number of aromatic carboxylic acids is 1. The largest absolute Gasteiger partial charge is 0.490 e. The van der Waals surface area contributed by atoms with Gasteiger partial charge in [0.05, 0.1) is 24.6 Å². The Bertz CT molecular complexity index is 667. The Morgan fingerprint density at radius 2 is 1.86 bits per heavy atom. The van der Waals surface area contributed by atoms with Crippen LogP contribution in [0.3, 0.4) is 0 Å². The van der Waals surface area contributed by atoms with Crippen molar-refractivity contribution in [2.24, 2.45) is 0 Å². The van der Waals surface area contributed by atoms with E-state index < -0.39 is 5.97 Å². The predicted octanol–water partition coefficient (Wildman–Crippen LogP) is 2.33. The first kappa shape index (κ1) is 15.8. The van der Waals surface area contributed by atoms with Gasteiger partial charge < -0.3 is 14.6 Å². The Hall–Kier alpha value is -2.57. The standard InChI is InChI=1S/C15H19N3O4/c1-4-11-14(15(19)20)16-17-18(11)10-7-8-12(21-5-2)13(9-10)22-6-3/h7-9H,4-6H2,1-3H3,(H,19,20). The number of benzene rings is 1. The maximum atomic E-state index is 11.2. The van der Waals surface area contributed by atoms with Gasteiger partial charge in [0.25, 0.3) is 0 Å². The molecule has 2 aromatic rings. The van der Waals surface area contributed by atoms with Crippen LogP contribution >= 0.6 is 0 Å². The number of carboxylic acid groups (broad SMARTS) is 1. The van der Waals surface area contributed by atoms with Crippen LogP contribution in [0.2, 0.25) is 0 Å². The second-order valence-corrected chi connectivity index (χ2v) is 4.45.